The number of hydrogen-bond donors (Lipinski definition) is 3. The Morgan fingerprint density at radius 2 is 1.77 bits per heavy atom. The molecule has 0 radical (unpaired) electrons. The quantitative estimate of drug-likeness (QED) is 0.355. The maximum atomic E-state index is 12.5. The van der Waals surface area contributed by atoms with E-state index in [4.69, 9.17) is 26.5 Å². The van der Waals surface area contributed by atoms with Crippen molar-refractivity contribution in [2.45, 2.75) is 39.6 Å². The van der Waals surface area contributed by atoms with E-state index in [1.54, 1.807) is 19.1 Å². The molecule has 0 aliphatic carbocycles. The Hall–Kier alpha value is -3.14. The molecule has 0 saturated carbocycles. The summed E-state index contributed by atoms with van der Waals surface area (Å²) in [5.74, 6) is 0.215. The SMILES string of the molecule is C/C(=N\OCc1ccc(C(F)(F)F)cc1)c1ccc(OCC(=N)N)nc1.CC(C)N. The molecule has 0 unspecified atom stereocenters. The van der Waals surface area contributed by atoms with E-state index in [2.05, 4.69) is 10.1 Å². The van der Waals surface area contributed by atoms with Gasteiger partial charge in [-0.3, -0.25) is 5.41 Å². The van der Waals surface area contributed by atoms with Gasteiger partial charge in [-0.25, -0.2) is 4.98 Å². The number of aromatic nitrogens is 1. The van der Waals surface area contributed by atoms with Gasteiger partial charge in [0.05, 0.1) is 11.3 Å². The number of oxime groups is 1. The molecule has 0 aliphatic rings. The van der Waals surface area contributed by atoms with Crippen molar-refractivity contribution < 1.29 is 22.7 Å². The molecular weight excluding hydrogens is 399 g/mol. The van der Waals surface area contributed by atoms with Crippen LogP contribution in [0.15, 0.2) is 47.8 Å². The van der Waals surface area contributed by atoms with E-state index in [1.165, 1.54) is 18.3 Å². The molecule has 1 aromatic carbocycles. The number of nitrogens with two attached hydrogens (primary N) is 2. The monoisotopic (exact) mass is 425 g/mol. The van der Waals surface area contributed by atoms with Crippen molar-refractivity contribution in [1.82, 2.24) is 4.98 Å². The minimum absolute atomic E-state index is 0.0444. The van der Waals surface area contributed by atoms with Gasteiger partial charge in [0.1, 0.15) is 19.0 Å². The second-order valence-electron chi connectivity index (χ2n) is 6.59. The first-order valence-corrected chi connectivity index (χ1v) is 8.99. The fourth-order valence-corrected chi connectivity index (χ4v) is 1.88. The van der Waals surface area contributed by atoms with Gasteiger partial charge >= 0.3 is 6.18 Å². The molecule has 1 heterocycles. The van der Waals surface area contributed by atoms with Crippen molar-refractivity contribution >= 4 is 11.5 Å². The van der Waals surface area contributed by atoms with Crippen molar-refractivity contribution in [3.63, 3.8) is 0 Å². The largest absolute Gasteiger partial charge is 0.470 e. The van der Waals surface area contributed by atoms with E-state index >= 15 is 0 Å². The molecule has 0 amide bonds. The second kappa shape index (κ2) is 11.8. The van der Waals surface area contributed by atoms with Crippen LogP contribution in [0.2, 0.25) is 0 Å². The highest BCUT2D eigenvalue weighted by Gasteiger charge is 2.29. The van der Waals surface area contributed by atoms with Crippen LogP contribution in [0.3, 0.4) is 0 Å². The van der Waals surface area contributed by atoms with Gasteiger partial charge < -0.3 is 21.0 Å². The lowest BCUT2D eigenvalue weighted by Gasteiger charge is -2.07. The fraction of sp³-hybridized carbons (Fsp3) is 0.350. The molecule has 0 aliphatic heterocycles. The molecule has 1 aromatic heterocycles. The minimum Gasteiger partial charge on any atom is -0.470 e. The van der Waals surface area contributed by atoms with Crippen LogP contribution in [0.4, 0.5) is 13.2 Å². The lowest BCUT2D eigenvalue weighted by Crippen LogP contribution is -2.19. The molecule has 0 fully saturated rings. The van der Waals surface area contributed by atoms with E-state index in [0.29, 0.717) is 28.8 Å². The number of alkyl halides is 3. The van der Waals surface area contributed by atoms with Crippen LogP contribution >= 0.6 is 0 Å². The van der Waals surface area contributed by atoms with Gasteiger partial charge in [0.15, 0.2) is 0 Å². The highest BCUT2D eigenvalue weighted by molar-refractivity contribution is 5.98. The van der Waals surface area contributed by atoms with Gasteiger partial charge in [-0.15, -0.1) is 0 Å². The van der Waals surface area contributed by atoms with Crippen molar-refractivity contribution in [3.8, 4) is 5.88 Å². The molecule has 2 aromatic rings. The third-order valence-corrected chi connectivity index (χ3v) is 3.24. The zero-order chi connectivity index (χ0) is 22.7. The van der Waals surface area contributed by atoms with Crippen LogP contribution in [0.1, 0.15) is 37.5 Å². The van der Waals surface area contributed by atoms with Gasteiger partial charge in [-0.2, -0.15) is 13.2 Å². The van der Waals surface area contributed by atoms with Crippen LogP contribution in [-0.4, -0.2) is 29.2 Å². The molecular formula is C20H26F3N5O2. The topological polar surface area (TPSA) is 120 Å². The van der Waals surface area contributed by atoms with Crippen molar-refractivity contribution in [1.29, 1.82) is 5.41 Å². The molecule has 164 valence electrons. The predicted octanol–water partition coefficient (Wildman–Crippen LogP) is 3.71. The van der Waals surface area contributed by atoms with Gasteiger partial charge in [-0.05, 0) is 36.7 Å². The zero-order valence-corrected chi connectivity index (χ0v) is 17.0. The summed E-state index contributed by atoms with van der Waals surface area (Å²) in [5.41, 5.74) is 11.4. The summed E-state index contributed by atoms with van der Waals surface area (Å²) in [4.78, 5) is 9.23. The maximum absolute atomic E-state index is 12.5. The van der Waals surface area contributed by atoms with Crippen molar-refractivity contribution in [2.75, 3.05) is 6.61 Å². The van der Waals surface area contributed by atoms with E-state index in [0.717, 1.165) is 12.1 Å². The van der Waals surface area contributed by atoms with Crippen molar-refractivity contribution in [3.05, 3.63) is 59.3 Å². The molecule has 5 N–H and O–H groups in total. The fourth-order valence-electron chi connectivity index (χ4n) is 1.88. The van der Waals surface area contributed by atoms with Gasteiger partial charge in [0, 0.05) is 17.8 Å². The molecule has 30 heavy (non-hydrogen) atoms. The van der Waals surface area contributed by atoms with E-state index in [-0.39, 0.29) is 19.0 Å². The molecule has 2 rings (SSSR count). The Kier molecular flexibility index (Phi) is 9.76. The van der Waals surface area contributed by atoms with Crippen LogP contribution < -0.4 is 16.2 Å². The summed E-state index contributed by atoms with van der Waals surface area (Å²) in [6.07, 6.45) is -2.84. The minimum atomic E-state index is -4.36. The molecule has 0 bridgehead atoms. The lowest BCUT2D eigenvalue weighted by molar-refractivity contribution is -0.137. The summed E-state index contributed by atoms with van der Waals surface area (Å²) in [6.45, 7) is 5.60. The Morgan fingerprint density at radius 3 is 2.23 bits per heavy atom. The van der Waals surface area contributed by atoms with Crippen LogP contribution in [-0.2, 0) is 17.6 Å². The summed E-state index contributed by atoms with van der Waals surface area (Å²) >= 11 is 0. The number of nitrogens with one attached hydrogen (secondary N) is 1. The highest BCUT2D eigenvalue weighted by atomic mass is 19.4. The number of ether oxygens (including phenoxy) is 1. The number of benzene rings is 1. The summed E-state index contributed by atoms with van der Waals surface area (Å²) in [5, 5.41) is 11.0. The normalized spacial score (nSPS) is 11.5. The average molecular weight is 425 g/mol. The summed E-state index contributed by atoms with van der Waals surface area (Å²) in [6, 6.07) is 8.33. The zero-order valence-electron chi connectivity index (χ0n) is 17.0. The Bertz CT molecular complexity index is 817. The average Bonchev–Trinajstić information content (AvgIpc) is 2.66. The molecule has 0 spiro atoms. The number of rotatable bonds is 7. The molecule has 0 atom stereocenters. The lowest BCUT2D eigenvalue weighted by atomic mass is 10.1. The van der Waals surface area contributed by atoms with Crippen LogP contribution in [0.5, 0.6) is 5.88 Å². The number of halogens is 3. The first-order valence-electron chi connectivity index (χ1n) is 8.99. The third kappa shape index (κ3) is 9.87. The van der Waals surface area contributed by atoms with E-state index in [1.807, 2.05) is 13.8 Å². The molecule has 10 heteroatoms. The standard InChI is InChI=1S/C17H17F3N4O2.C3H9N/c1-11(13-4-7-16(23-8-13)25-10-15(21)22)24-26-9-12-2-5-14(6-3-12)17(18,19)20;1-3(2)4/h2-8H,9-10H2,1H3,(H3,21,22);3H,4H2,1-2H3/b24-11+;. The van der Waals surface area contributed by atoms with E-state index in [9.17, 15) is 13.2 Å². The number of nitrogens with zero attached hydrogens (tertiary/aromatic N) is 2. The van der Waals surface area contributed by atoms with E-state index < -0.39 is 11.7 Å². The van der Waals surface area contributed by atoms with Crippen LogP contribution in [0.25, 0.3) is 0 Å². The molecule has 7 nitrogen and oxygen atoms in total. The second-order valence-corrected chi connectivity index (χ2v) is 6.59. The highest BCUT2D eigenvalue weighted by Crippen LogP contribution is 2.29. The third-order valence-electron chi connectivity index (χ3n) is 3.24. The summed E-state index contributed by atoms with van der Waals surface area (Å²) in [7, 11) is 0. The summed E-state index contributed by atoms with van der Waals surface area (Å²) < 4.78 is 42.7. The van der Waals surface area contributed by atoms with Gasteiger partial charge in [-0.1, -0.05) is 31.1 Å². The van der Waals surface area contributed by atoms with Crippen molar-refractivity contribution in [2.24, 2.45) is 16.6 Å². The smallest absolute Gasteiger partial charge is 0.416 e. The Morgan fingerprint density at radius 1 is 1.17 bits per heavy atom. The molecule has 0 saturated heterocycles. The predicted molar refractivity (Wildman–Crippen MR) is 109 cm³/mol. The Balaban J connectivity index is 0.00000103. The van der Waals surface area contributed by atoms with Gasteiger partial charge in [0.2, 0.25) is 5.88 Å². The number of amidine groups is 1. The van der Waals surface area contributed by atoms with Gasteiger partial charge in [0.25, 0.3) is 0 Å². The Labute approximate surface area is 173 Å². The first-order chi connectivity index (χ1) is 14.0. The first kappa shape index (κ1) is 24.9. The number of pyridine rings is 1. The number of hydrogen-bond acceptors (Lipinski definition) is 6. The maximum Gasteiger partial charge on any atom is 0.416 e. The van der Waals surface area contributed by atoms with Crippen LogP contribution in [0, 0.1) is 5.41 Å².